The Hall–Kier alpha value is 0.970. The van der Waals surface area contributed by atoms with Crippen LogP contribution in [-0.4, -0.2) is 44.4 Å². The van der Waals surface area contributed by atoms with Crippen molar-refractivity contribution in [3.63, 3.8) is 0 Å². The first-order valence-corrected chi connectivity index (χ1v) is 1.26. The fraction of sp³-hybridized carbons (Fsp3) is 0. The summed E-state index contributed by atoms with van der Waals surface area (Å²) in [5, 5.41) is 15.0. The number of rotatable bonds is 0. The zero-order chi connectivity index (χ0) is 5.86. The molecule has 13 heavy (non-hydrogen) atoms. The van der Waals surface area contributed by atoms with Crippen LogP contribution in [0, 0.1) is 71.2 Å². The zero-order valence-electron chi connectivity index (χ0n) is 6.27. The predicted molar refractivity (Wildman–Crippen MR) is 31.6 cm³/mol. The van der Waals surface area contributed by atoms with Gasteiger partial charge in [-0.25, -0.2) is 9.59 Å². The Morgan fingerprint density at radius 1 is 0.769 bits per heavy atom. The monoisotopic (exact) mass is 456 g/mol. The number of carbonyl (C=O) groups is 2. The Morgan fingerprint density at radius 3 is 0.923 bits per heavy atom. The van der Waals surface area contributed by atoms with Gasteiger partial charge in [-0.15, -0.1) is 0 Å². The quantitative estimate of drug-likeness (QED) is 0.289. The van der Waals surface area contributed by atoms with Gasteiger partial charge in [0.1, 0.15) is 0 Å². The molecule has 0 unspecified atom stereocenters. The van der Waals surface area contributed by atoms with Crippen LogP contribution >= 0.6 is 0 Å². The number of hydrogen-bond acceptors (Lipinski definition) is 3. The molecule has 0 aliphatic heterocycles. The first-order valence-electron chi connectivity index (χ1n) is 1.26. The molecule has 0 aliphatic rings. The minimum absolute atomic E-state index is 0. The predicted octanol–water partition coefficient (Wildman–Crippen LogP) is -2.94. The third-order valence-electron chi connectivity index (χ3n) is 0.175. The molecule has 0 aliphatic carbocycles. The van der Waals surface area contributed by atoms with Crippen LogP contribution in [0.1, 0.15) is 0 Å². The van der Waals surface area contributed by atoms with Crippen LogP contribution in [0.4, 0.5) is 9.59 Å². The van der Waals surface area contributed by atoms with Crippen molar-refractivity contribution in [1.29, 1.82) is 0 Å². The number of hydrogen-bond donors (Lipinski definition) is 2. The van der Waals surface area contributed by atoms with Gasteiger partial charge >= 0.3 is 12.3 Å². The molecule has 0 aromatic heterocycles. The molecule has 0 heterocycles. The van der Waals surface area contributed by atoms with E-state index < -0.39 is 12.3 Å². The van der Waals surface area contributed by atoms with E-state index in [2.05, 4.69) is 4.74 Å². The molecule has 0 spiro atoms. The van der Waals surface area contributed by atoms with Crippen molar-refractivity contribution in [3.8, 4) is 0 Å². The summed E-state index contributed by atoms with van der Waals surface area (Å²) in [7, 11) is 0. The average molecular weight is 456 g/mol. The van der Waals surface area contributed by atoms with Crippen LogP contribution in [-0.2, 0) is 4.74 Å². The molecular weight excluding hydrogens is 446 g/mol. The SMILES string of the molecule is O.O.O.O.O=C(O)OC(=O)O.[La].[La]. The molecule has 0 bridgehead atoms. The third kappa shape index (κ3) is 63.2. The Labute approximate surface area is 128 Å². The van der Waals surface area contributed by atoms with E-state index in [4.69, 9.17) is 10.2 Å². The minimum atomic E-state index is -1.81. The summed E-state index contributed by atoms with van der Waals surface area (Å²) in [5.41, 5.74) is 0. The maximum atomic E-state index is 9.21. The molecule has 0 saturated heterocycles. The molecule has 0 amide bonds. The topological polar surface area (TPSA) is 210 Å². The molecule has 0 atom stereocenters. The maximum Gasteiger partial charge on any atom is 0.516 e. The average Bonchev–Trinajstić information content (AvgIpc) is 1.27. The van der Waals surface area contributed by atoms with Crippen molar-refractivity contribution in [2.45, 2.75) is 0 Å². The fourth-order valence-corrected chi connectivity index (χ4v) is 0.0747. The van der Waals surface area contributed by atoms with E-state index >= 15 is 0 Å². The molecule has 9 nitrogen and oxygen atoms in total. The van der Waals surface area contributed by atoms with Crippen molar-refractivity contribution in [2.75, 3.05) is 0 Å². The molecule has 0 saturated carbocycles. The fourth-order valence-electron chi connectivity index (χ4n) is 0.0747. The van der Waals surface area contributed by atoms with Crippen molar-refractivity contribution in [2.24, 2.45) is 0 Å². The van der Waals surface area contributed by atoms with Crippen LogP contribution in [0.2, 0.25) is 0 Å². The molecule has 11 heteroatoms. The largest absolute Gasteiger partial charge is 0.516 e. The summed E-state index contributed by atoms with van der Waals surface area (Å²) < 4.78 is 3.08. The van der Waals surface area contributed by atoms with E-state index in [0.717, 1.165) is 0 Å². The Bertz CT molecular complexity index is 91.8. The molecular formula is C2H10La2O9. The van der Waals surface area contributed by atoms with E-state index in [1.807, 2.05) is 0 Å². The first kappa shape index (κ1) is 48.4. The summed E-state index contributed by atoms with van der Waals surface area (Å²) in [6.07, 6.45) is -3.62. The van der Waals surface area contributed by atoms with Gasteiger partial charge in [0.15, 0.2) is 0 Å². The summed E-state index contributed by atoms with van der Waals surface area (Å²) in [6.45, 7) is 0. The van der Waals surface area contributed by atoms with E-state index in [9.17, 15) is 9.59 Å². The van der Waals surface area contributed by atoms with Gasteiger partial charge < -0.3 is 36.9 Å². The van der Waals surface area contributed by atoms with E-state index in [1.165, 1.54) is 0 Å². The summed E-state index contributed by atoms with van der Waals surface area (Å²) in [4.78, 5) is 18.4. The van der Waals surface area contributed by atoms with Gasteiger partial charge in [-0.2, -0.15) is 0 Å². The Balaban J connectivity index is -0.0000000120. The van der Waals surface area contributed by atoms with Crippen molar-refractivity contribution < 1.29 is 118 Å². The molecule has 0 fully saturated rings. The van der Waals surface area contributed by atoms with Crippen LogP contribution in [0.25, 0.3) is 0 Å². The van der Waals surface area contributed by atoms with Gasteiger partial charge in [0, 0.05) is 71.2 Å². The van der Waals surface area contributed by atoms with Crippen molar-refractivity contribution >= 4 is 12.3 Å². The minimum Gasteiger partial charge on any atom is -0.449 e. The second kappa shape index (κ2) is 29.3. The molecule has 0 aromatic rings. The van der Waals surface area contributed by atoms with Gasteiger partial charge in [-0.1, -0.05) is 0 Å². The van der Waals surface area contributed by atoms with E-state index in [-0.39, 0.29) is 93.1 Å². The van der Waals surface area contributed by atoms with Gasteiger partial charge in [0.05, 0.1) is 0 Å². The van der Waals surface area contributed by atoms with Crippen LogP contribution < -0.4 is 0 Å². The maximum absolute atomic E-state index is 9.21. The van der Waals surface area contributed by atoms with Crippen LogP contribution in [0.3, 0.4) is 0 Å². The summed E-state index contributed by atoms with van der Waals surface area (Å²) in [6, 6.07) is 0. The summed E-state index contributed by atoms with van der Waals surface area (Å²) in [5.74, 6) is 0. The second-order valence-electron chi connectivity index (χ2n) is 0.634. The van der Waals surface area contributed by atoms with Gasteiger partial charge in [-0.05, 0) is 0 Å². The Morgan fingerprint density at radius 2 is 0.923 bits per heavy atom. The molecule has 0 rings (SSSR count). The first-order chi connectivity index (χ1) is 3.13. The van der Waals surface area contributed by atoms with E-state index in [1.54, 1.807) is 0 Å². The van der Waals surface area contributed by atoms with Gasteiger partial charge in [0.2, 0.25) is 0 Å². The molecule has 78 valence electrons. The molecule has 0 aromatic carbocycles. The van der Waals surface area contributed by atoms with Gasteiger partial charge in [0.25, 0.3) is 0 Å². The zero-order valence-corrected chi connectivity index (χ0v) is 13.5. The smallest absolute Gasteiger partial charge is 0.449 e. The van der Waals surface area contributed by atoms with E-state index in [0.29, 0.717) is 0 Å². The Kier molecular flexibility index (Phi) is 109. The van der Waals surface area contributed by atoms with Gasteiger partial charge in [-0.3, -0.25) is 0 Å². The number of ether oxygens (including phenoxy) is 1. The standard InChI is InChI=1S/C2H2O5.2La.4H2O/c3-1(4)7-2(5)6;;;;;;/h(H,3,4)(H,5,6);;;4*1H2. The van der Waals surface area contributed by atoms with Crippen LogP contribution in [0.15, 0.2) is 0 Å². The molecule has 2 radical (unpaired) electrons. The number of carboxylic acid groups (broad SMARTS) is 2. The molecule has 10 N–H and O–H groups in total. The van der Waals surface area contributed by atoms with Crippen molar-refractivity contribution in [3.05, 3.63) is 0 Å². The summed E-state index contributed by atoms with van der Waals surface area (Å²) >= 11 is 0. The third-order valence-corrected chi connectivity index (χ3v) is 0.175. The normalized spacial score (nSPS) is 4.00. The van der Waals surface area contributed by atoms with Crippen molar-refractivity contribution in [1.82, 2.24) is 0 Å². The second-order valence-corrected chi connectivity index (χ2v) is 0.634. The van der Waals surface area contributed by atoms with Crippen LogP contribution in [0.5, 0.6) is 0 Å².